The number of anilines is 1. The zero-order chi connectivity index (χ0) is 19.9. The number of hydrogen-bond acceptors (Lipinski definition) is 6. The molecule has 0 unspecified atom stereocenters. The van der Waals surface area contributed by atoms with Crippen LogP contribution in [0.25, 0.3) is 0 Å². The topological polar surface area (TPSA) is 99.0 Å². The van der Waals surface area contributed by atoms with Gasteiger partial charge >= 0.3 is 5.97 Å². The summed E-state index contributed by atoms with van der Waals surface area (Å²) in [5.74, 6) is -0.991. The van der Waals surface area contributed by atoms with E-state index in [4.69, 9.17) is 4.74 Å². The minimum atomic E-state index is -0.969. The molecule has 1 amide bonds. The second-order valence-electron chi connectivity index (χ2n) is 6.43. The van der Waals surface area contributed by atoms with Crippen molar-refractivity contribution in [2.45, 2.75) is 32.4 Å². The van der Waals surface area contributed by atoms with Gasteiger partial charge in [0.2, 0.25) is 0 Å². The Balaban J connectivity index is 1.66. The monoisotopic (exact) mass is 379 g/mol. The second-order valence-corrected chi connectivity index (χ2v) is 6.43. The highest BCUT2D eigenvalue weighted by atomic mass is 16.5. The predicted molar refractivity (Wildman–Crippen MR) is 102 cm³/mol. The molecule has 1 aromatic heterocycles. The molecule has 2 aromatic carbocycles. The molecule has 1 N–H and O–H groups in total. The van der Waals surface area contributed by atoms with E-state index >= 15 is 0 Å². The number of ether oxygens (including phenoxy) is 1. The van der Waals surface area contributed by atoms with Gasteiger partial charge in [0, 0.05) is 12.1 Å². The van der Waals surface area contributed by atoms with Crippen molar-refractivity contribution < 1.29 is 14.3 Å². The molecular weight excluding hydrogens is 358 g/mol. The van der Waals surface area contributed by atoms with Crippen LogP contribution in [0.5, 0.6) is 0 Å². The first-order chi connectivity index (χ1) is 13.5. The number of nitrogens with zero attached hydrogens (tertiary/aromatic N) is 4. The quantitative estimate of drug-likeness (QED) is 0.633. The van der Waals surface area contributed by atoms with Gasteiger partial charge in [0.25, 0.3) is 5.91 Å². The highest BCUT2D eigenvalue weighted by Crippen LogP contribution is 2.16. The molecule has 0 fully saturated rings. The van der Waals surface area contributed by atoms with E-state index in [1.807, 2.05) is 49.4 Å². The van der Waals surface area contributed by atoms with E-state index < -0.39 is 24.0 Å². The third kappa shape index (κ3) is 5.00. The SMILES string of the molecule is Cc1ccc(NC(=O)[C@H](C)OC(=O)[C@H](Cc2ccccc2)n2cnnn2)cc1. The Morgan fingerprint density at radius 1 is 1.11 bits per heavy atom. The Bertz CT molecular complexity index is 911. The van der Waals surface area contributed by atoms with E-state index in [0.29, 0.717) is 12.1 Å². The van der Waals surface area contributed by atoms with Crippen molar-refractivity contribution in [3.63, 3.8) is 0 Å². The summed E-state index contributed by atoms with van der Waals surface area (Å²) in [5, 5.41) is 13.7. The summed E-state index contributed by atoms with van der Waals surface area (Å²) in [6.45, 7) is 3.49. The lowest BCUT2D eigenvalue weighted by Gasteiger charge is -2.19. The second kappa shape index (κ2) is 8.90. The largest absolute Gasteiger partial charge is 0.451 e. The number of aromatic nitrogens is 4. The number of carbonyl (C=O) groups excluding carboxylic acids is 2. The van der Waals surface area contributed by atoms with Crippen molar-refractivity contribution in [1.29, 1.82) is 0 Å². The van der Waals surface area contributed by atoms with Gasteiger partial charge in [0.1, 0.15) is 6.33 Å². The molecule has 0 spiro atoms. The maximum atomic E-state index is 12.7. The molecule has 0 saturated carbocycles. The highest BCUT2D eigenvalue weighted by Gasteiger charge is 2.27. The third-order valence-electron chi connectivity index (χ3n) is 4.21. The summed E-state index contributed by atoms with van der Waals surface area (Å²) in [6, 6.07) is 16.1. The maximum absolute atomic E-state index is 12.7. The number of aryl methyl sites for hydroxylation is 1. The standard InChI is InChI=1S/C20H21N5O3/c1-14-8-10-17(11-9-14)22-19(26)15(2)28-20(27)18(25-13-21-23-24-25)12-16-6-4-3-5-7-16/h3-11,13,15,18H,12H2,1-2H3,(H,22,26)/t15-,18-/m0/s1. The molecule has 0 aliphatic carbocycles. The van der Waals surface area contributed by atoms with Gasteiger partial charge in [-0.2, -0.15) is 0 Å². The van der Waals surface area contributed by atoms with Crippen LogP contribution in [0.1, 0.15) is 24.1 Å². The molecule has 0 bridgehead atoms. The van der Waals surface area contributed by atoms with E-state index in [2.05, 4.69) is 20.8 Å². The van der Waals surface area contributed by atoms with E-state index in [9.17, 15) is 9.59 Å². The van der Waals surface area contributed by atoms with Gasteiger partial charge in [-0.3, -0.25) is 4.79 Å². The van der Waals surface area contributed by atoms with E-state index in [0.717, 1.165) is 11.1 Å². The summed E-state index contributed by atoms with van der Waals surface area (Å²) >= 11 is 0. The molecule has 3 rings (SSSR count). The maximum Gasteiger partial charge on any atom is 0.332 e. The fourth-order valence-corrected chi connectivity index (χ4v) is 2.62. The Morgan fingerprint density at radius 2 is 1.82 bits per heavy atom. The predicted octanol–water partition coefficient (Wildman–Crippen LogP) is 2.34. The molecule has 0 aliphatic heterocycles. The lowest BCUT2D eigenvalue weighted by atomic mass is 10.1. The number of amides is 1. The Kier molecular flexibility index (Phi) is 6.11. The highest BCUT2D eigenvalue weighted by molar-refractivity contribution is 5.95. The van der Waals surface area contributed by atoms with Gasteiger partial charge in [0.15, 0.2) is 12.1 Å². The number of hydrogen-bond donors (Lipinski definition) is 1. The summed E-state index contributed by atoms with van der Waals surface area (Å²) < 4.78 is 6.73. The van der Waals surface area contributed by atoms with Crippen LogP contribution in [0.2, 0.25) is 0 Å². The van der Waals surface area contributed by atoms with Crippen molar-refractivity contribution in [2.24, 2.45) is 0 Å². The van der Waals surface area contributed by atoms with Gasteiger partial charge in [-0.1, -0.05) is 48.0 Å². The van der Waals surface area contributed by atoms with E-state index in [-0.39, 0.29) is 0 Å². The normalized spacial score (nSPS) is 12.8. The molecule has 144 valence electrons. The van der Waals surface area contributed by atoms with E-state index in [1.54, 1.807) is 12.1 Å². The van der Waals surface area contributed by atoms with Crippen LogP contribution in [0.3, 0.4) is 0 Å². The first-order valence-corrected chi connectivity index (χ1v) is 8.87. The minimum absolute atomic E-state index is 0.344. The van der Waals surface area contributed by atoms with Gasteiger partial charge < -0.3 is 10.1 Å². The fourth-order valence-electron chi connectivity index (χ4n) is 2.62. The number of carbonyl (C=O) groups is 2. The van der Waals surface area contributed by atoms with Crippen molar-refractivity contribution in [3.8, 4) is 0 Å². The summed E-state index contributed by atoms with van der Waals surface area (Å²) in [7, 11) is 0. The zero-order valence-electron chi connectivity index (χ0n) is 15.6. The first kappa shape index (κ1) is 19.2. The van der Waals surface area contributed by atoms with Crippen molar-refractivity contribution in [1.82, 2.24) is 20.2 Å². The van der Waals surface area contributed by atoms with Crippen LogP contribution in [0.15, 0.2) is 60.9 Å². The van der Waals surface area contributed by atoms with E-state index in [1.165, 1.54) is 17.9 Å². The minimum Gasteiger partial charge on any atom is -0.451 e. The first-order valence-electron chi connectivity index (χ1n) is 8.87. The summed E-state index contributed by atoms with van der Waals surface area (Å²) in [6.07, 6.45) is 0.728. The van der Waals surface area contributed by atoms with Crippen molar-refractivity contribution in [2.75, 3.05) is 5.32 Å². The van der Waals surface area contributed by atoms with Crippen molar-refractivity contribution >= 4 is 17.6 Å². The van der Waals surface area contributed by atoms with Gasteiger partial charge in [-0.05, 0) is 42.0 Å². The van der Waals surface area contributed by atoms with Gasteiger partial charge in [-0.25, -0.2) is 9.48 Å². The Morgan fingerprint density at radius 3 is 2.46 bits per heavy atom. The average Bonchev–Trinajstić information content (AvgIpc) is 3.23. The number of tetrazole rings is 1. The number of benzene rings is 2. The van der Waals surface area contributed by atoms with Gasteiger partial charge in [-0.15, -0.1) is 5.10 Å². The lowest BCUT2D eigenvalue weighted by molar-refractivity contribution is -0.156. The molecule has 28 heavy (non-hydrogen) atoms. The molecule has 2 atom stereocenters. The zero-order valence-corrected chi connectivity index (χ0v) is 15.6. The molecule has 0 radical (unpaired) electrons. The van der Waals surface area contributed by atoms with Crippen LogP contribution >= 0.6 is 0 Å². The average molecular weight is 379 g/mol. The van der Waals surface area contributed by atoms with Gasteiger partial charge in [0.05, 0.1) is 0 Å². The molecule has 3 aromatic rings. The summed E-state index contributed by atoms with van der Waals surface area (Å²) in [4.78, 5) is 25.1. The third-order valence-corrected chi connectivity index (χ3v) is 4.21. The molecule has 8 nitrogen and oxygen atoms in total. The molecule has 0 saturated heterocycles. The lowest BCUT2D eigenvalue weighted by Crippen LogP contribution is -2.34. The van der Waals surface area contributed by atoms with Crippen LogP contribution in [-0.2, 0) is 20.7 Å². The summed E-state index contributed by atoms with van der Waals surface area (Å²) in [5.41, 5.74) is 2.65. The van der Waals surface area contributed by atoms with Crippen LogP contribution in [0.4, 0.5) is 5.69 Å². The van der Waals surface area contributed by atoms with Crippen LogP contribution in [0, 0.1) is 6.92 Å². The fraction of sp³-hybridized carbons (Fsp3) is 0.250. The molecule has 0 aliphatic rings. The number of rotatable bonds is 7. The smallest absolute Gasteiger partial charge is 0.332 e. The molecular formula is C20H21N5O3. The Hall–Kier alpha value is -3.55. The number of nitrogens with one attached hydrogen (secondary N) is 1. The van der Waals surface area contributed by atoms with Crippen LogP contribution < -0.4 is 5.32 Å². The molecule has 1 heterocycles. The van der Waals surface area contributed by atoms with Crippen LogP contribution in [-0.4, -0.2) is 38.2 Å². The number of esters is 1. The molecule has 8 heteroatoms. The van der Waals surface area contributed by atoms with Crippen molar-refractivity contribution in [3.05, 3.63) is 72.1 Å². The Labute approximate surface area is 162 Å².